The summed E-state index contributed by atoms with van der Waals surface area (Å²) in [5.41, 5.74) is -0.695. The van der Waals surface area contributed by atoms with Crippen molar-refractivity contribution < 1.29 is 14.4 Å². The molecule has 2 N–H and O–H groups in total. The first-order valence-electron chi connectivity index (χ1n) is 7.22. The van der Waals surface area contributed by atoms with Gasteiger partial charge in [-0.2, -0.15) is 0 Å². The van der Waals surface area contributed by atoms with E-state index in [1.165, 1.54) is 16.7 Å². The zero-order valence-corrected chi connectivity index (χ0v) is 12.5. The lowest BCUT2D eigenvalue weighted by atomic mass is 9.98. The van der Waals surface area contributed by atoms with Gasteiger partial charge in [0.2, 0.25) is 5.91 Å². The second-order valence-electron chi connectivity index (χ2n) is 5.51. The third-order valence-corrected chi connectivity index (χ3v) is 4.99. The van der Waals surface area contributed by atoms with Gasteiger partial charge in [0.15, 0.2) is 5.17 Å². The summed E-state index contributed by atoms with van der Waals surface area (Å²) < 4.78 is 0. The Labute approximate surface area is 126 Å². The molecule has 4 amide bonds. The number of thioether (sulfide) groups is 1. The number of hydrogen-bond donors (Lipinski definition) is 2. The van der Waals surface area contributed by atoms with Crippen molar-refractivity contribution in [1.29, 1.82) is 0 Å². The molecule has 0 radical (unpaired) electrons. The van der Waals surface area contributed by atoms with Gasteiger partial charge in [-0.1, -0.05) is 24.6 Å². The Bertz CT molecular complexity index is 514. The van der Waals surface area contributed by atoms with Gasteiger partial charge in [-0.3, -0.25) is 19.5 Å². The Hall–Kier alpha value is -1.57. The molecular formula is C13H18N4O3S. The Kier molecular flexibility index (Phi) is 3.88. The Morgan fingerprint density at radius 2 is 2.14 bits per heavy atom. The fourth-order valence-electron chi connectivity index (χ4n) is 3.00. The summed E-state index contributed by atoms with van der Waals surface area (Å²) in [5.74, 6) is 0.493. The third-order valence-electron chi connectivity index (χ3n) is 4.10. The summed E-state index contributed by atoms with van der Waals surface area (Å²) in [5, 5.41) is 6.13. The normalized spacial score (nSPS) is 23.6. The van der Waals surface area contributed by atoms with Crippen LogP contribution in [0, 0.1) is 0 Å². The lowest BCUT2D eigenvalue weighted by Crippen LogP contribution is -2.44. The number of aliphatic imine (C=N–C) groups is 1. The van der Waals surface area contributed by atoms with Crippen LogP contribution in [-0.2, 0) is 9.59 Å². The summed E-state index contributed by atoms with van der Waals surface area (Å²) >= 11 is 1.50. The van der Waals surface area contributed by atoms with Crippen LogP contribution in [-0.4, -0.2) is 52.3 Å². The van der Waals surface area contributed by atoms with Crippen LogP contribution < -0.4 is 10.6 Å². The summed E-state index contributed by atoms with van der Waals surface area (Å²) in [6, 6.07) is -0.373. The standard InChI is InChI=1S/C13H18N4O3S/c18-9(15-11-14-6-8-21-11)3-7-17-10(19)13(16-12(17)20)4-1-2-5-13/h1-8H2,(H,16,20)(H,14,15,18). The Morgan fingerprint density at radius 1 is 1.38 bits per heavy atom. The molecular weight excluding hydrogens is 292 g/mol. The number of amidine groups is 1. The summed E-state index contributed by atoms with van der Waals surface area (Å²) in [4.78, 5) is 41.4. The fourth-order valence-corrected chi connectivity index (χ4v) is 3.75. The number of carbonyl (C=O) groups excluding carboxylic acids is 3. The van der Waals surface area contributed by atoms with E-state index in [0.717, 1.165) is 25.1 Å². The van der Waals surface area contributed by atoms with Crippen molar-refractivity contribution in [3.63, 3.8) is 0 Å². The van der Waals surface area contributed by atoms with Crippen LogP contribution in [0.2, 0.25) is 0 Å². The van der Waals surface area contributed by atoms with Crippen molar-refractivity contribution in [2.45, 2.75) is 37.6 Å². The topological polar surface area (TPSA) is 90.9 Å². The lowest BCUT2D eigenvalue weighted by Gasteiger charge is -2.19. The SMILES string of the molecule is O=C(CCN1C(=O)NC2(CCCC2)C1=O)NC1=NCCS1. The maximum atomic E-state index is 12.4. The molecule has 2 fully saturated rings. The van der Waals surface area contributed by atoms with Crippen LogP contribution in [0.4, 0.5) is 4.79 Å². The molecule has 0 aromatic rings. The minimum Gasteiger partial charge on any atom is -0.323 e. The molecule has 2 heterocycles. The summed E-state index contributed by atoms with van der Waals surface area (Å²) in [6.07, 6.45) is 3.42. The van der Waals surface area contributed by atoms with Crippen LogP contribution in [0.25, 0.3) is 0 Å². The van der Waals surface area contributed by atoms with Crippen molar-refractivity contribution in [3.8, 4) is 0 Å². The molecule has 3 aliphatic rings. The Morgan fingerprint density at radius 3 is 2.81 bits per heavy atom. The molecule has 8 heteroatoms. The van der Waals surface area contributed by atoms with Gasteiger partial charge in [0.1, 0.15) is 5.54 Å². The zero-order valence-electron chi connectivity index (χ0n) is 11.7. The first-order valence-corrected chi connectivity index (χ1v) is 8.20. The third kappa shape index (κ3) is 2.76. The molecule has 1 saturated carbocycles. The van der Waals surface area contributed by atoms with Crippen molar-refractivity contribution in [3.05, 3.63) is 0 Å². The number of amides is 4. The van der Waals surface area contributed by atoms with Crippen LogP contribution in [0.15, 0.2) is 4.99 Å². The van der Waals surface area contributed by atoms with E-state index in [4.69, 9.17) is 0 Å². The van der Waals surface area contributed by atoms with Gasteiger partial charge in [-0.15, -0.1) is 0 Å². The molecule has 1 aliphatic carbocycles. The average Bonchev–Trinajstić information content (AvgIpc) is 3.14. The average molecular weight is 310 g/mol. The molecule has 0 unspecified atom stereocenters. The number of hydrogen-bond acceptors (Lipinski definition) is 5. The van der Waals surface area contributed by atoms with Crippen molar-refractivity contribution in [1.82, 2.24) is 15.5 Å². The van der Waals surface area contributed by atoms with Gasteiger partial charge >= 0.3 is 6.03 Å². The lowest BCUT2D eigenvalue weighted by molar-refractivity contribution is -0.131. The minimum absolute atomic E-state index is 0.106. The molecule has 0 aromatic carbocycles. The molecule has 0 bridgehead atoms. The molecule has 21 heavy (non-hydrogen) atoms. The highest BCUT2D eigenvalue weighted by Gasteiger charge is 2.52. The highest BCUT2D eigenvalue weighted by molar-refractivity contribution is 8.14. The number of nitrogens with zero attached hydrogens (tertiary/aromatic N) is 2. The minimum atomic E-state index is -0.695. The predicted octanol–water partition coefficient (Wildman–Crippen LogP) is 0.460. The van der Waals surface area contributed by atoms with Crippen molar-refractivity contribution in [2.75, 3.05) is 18.8 Å². The summed E-state index contributed by atoms with van der Waals surface area (Å²) in [7, 11) is 0. The van der Waals surface area contributed by atoms with Crippen LogP contribution in [0.5, 0.6) is 0 Å². The second-order valence-corrected chi connectivity index (χ2v) is 6.59. The van der Waals surface area contributed by atoms with Crippen LogP contribution in [0.3, 0.4) is 0 Å². The fraction of sp³-hybridized carbons (Fsp3) is 0.692. The maximum Gasteiger partial charge on any atom is 0.325 e. The predicted molar refractivity (Wildman–Crippen MR) is 79.0 cm³/mol. The number of rotatable bonds is 3. The number of nitrogens with one attached hydrogen (secondary N) is 2. The highest BCUT2D eigenvalue weighted by Crippen LogP contribution is 2.34. The van der Waals surface area contributed by atoms with Gasteiger partial charge in [0.25, 0.3) is 5.91 Å². The number of carbonyl (C=O) groups is 3. The van der Waals surface area contributed by atoms with Gasteiger partial charge in [0, 0.05) is 18.7 Å². The van der Waals surface area contributed by atoms with Crippen LogP contribution >= 0.6 is 11.8 Å². The van der Waals surface area contributed by atoms with Gasteiger partial charge in [-0.25, -0.2) is 4.79 Å². The molecule has 0 aromatic heterocycles. The summed E-state index contributed by atoms with van der Waals surface area (Å²) in [6.45, 7) is 0.839. The largest absolute Gasteiger partial charge is 0.325 e. The molecule has 3 rings (SSSR count). The zero-order chi connectivity index (χ0) is 14.9. The highest BCUT2D eigenvalue weighted by atomic mass is 32.2. The van der Waals surface area contributed by atoms with Crippen molar-refractivity contribution >= 4 is 34.8 Å². The van der Waals surface area contributed by atoms with E-state index in [2.05, 4.69) is 15.6 Å². The van der Waals surface area contributed by atoms with E-state index in [1.54, 1.807) is 0 Å². The van der Waals surface area contributed by atoms with E-state index in [0.29, 0.717) is 18.0 Å². The molecule has 2 aliphatic heterocycles. The number of urea groups is 1. The van der Waals surface area contributed by atoms with E-state index in [1.807, 2.05) is 0 Å². The molecule has 1 spiro atoms. The Balaban J connectivity index is 1.54. The first-order chi connectivity index (χ1) is 10.1. The van der Waals surface area contributed by atoms with Gasteiger partial charge in [-0.05, 0) is 12.8 Å². The first kappa shape index (κ1) is 14.4. The molecule has 0 atom stereocenters. The maximum absolute atomic E-state index is 12.4. The van der Waals surface area contributed by atoms with E-state index < -0.39 is 5.54 Å². The molecule has 1 saturated heterocycles. The number of imide groups is 1. The smallest absolute Gasteiger partial charge is 0.323 e. The van der Waals surface area contributed by atoms with Gasteiger partial charge < -0.3 is 10.6 Å². The van der Waals surface area contributed by atoms with Crippen molar-refractivity contribution in [2.24, 2.45) is 4.99 Å². The van der Waals surface area contributed by atoms with E-state index in [9.17, 15) is 14.4 Å². The van der Waals surface area contributed by atoms with Gasteiger partial charge in [0.05, 0.1) is 6.54 Å². The van der Waals surface area contributed by atoms with Crippen LogP contribution in [0.1, 0.15) is 32.1 Å². The monoisotopic (exact) mass is 310 g/mol. The quantitative estimate of drug-likeness (QED) is 0.741. The van der Waals surface area contributed by atoms with E-state index >= 15 is 0 Å². The molecule has 7 nitrogen and oxygen atoms in total. The van der Waals surface area contributed by atoms with E-state index in [-0.39, 0.29) is 30.8 Å². The second kappa shape index (κ2) is 5.67. The molecule has 114 valence electrons.